The Hall–Kier alpha value is -2.78. The number of aromatic nitrogens is 1. The second-order valence-corrected chi connectivity index (χ2v) is 7.50. The van der Waals surface area contributed by atoms with Gasteiger partial charge < -0.3 is 9.84 Å². The quantitative estimate of drug-likeness (QED) is 0.640. The van der Waals surface area contributed by atoms with E-state index in [0.717, 1.165) is 11.3 Å². The summed E-state index contributed by atoms with van der Waals surface area (Å²) in [4.78, 5) is 29.3. The molecule has 1 aliphatic heterocycles. The number of carboxylic acids is 1. The van der Waals surface area contributed by atoms with E-state index in [4.69, 9.17) is 21.4 Å². The number of aliphatic carboxylic acids is 1. The molecule has 2 heterocycles. The third kappa shape index (κ3) is 3.16. The first kappa shape index (κ1) is 18.6. The first-order chi connectivity index (χ1) is 13.3. The van der Waals surface area contributed by atoms with Gasteiger partial charge in [0, 0.05) is 6.07 Å². The summed E-state index contributed by atoms with van der Waals surface area (Å²) in [6.45, 7) is -0.0634. The molecule has 144 valence electrons. The van der Waals surface area contributed by atoms with Crippen molar-refractivity contribution in [3.8, 4) is 5.75 Å². The molecule has 4 rings (SSSR count). The number of amides is 1. The van der Waals surface area contributed by atoms with Crippen molar-refractivity contribution in [2.75, 3.05) is 4.90 Å². The number of rotatable bonds is 4. The number of fused-ring (bicyclic) bond motifs is 2. The topological polar surface area (TPSA) is 79.7 Å². The highest BCUT2D eigenvalue weighted by molar-refractivity contribution is 7.18. The number of nitrogens with zero attached hydrogens (tertiary/aromatic N) is 2. The Balaban J connectivity index is 1.74. The zero-order chi connectivity index (χ0) is 20.0. The lowest BCUT2D eigenvalue weighted by Crippen LogP contribution is -2.46. The lowest BCUT2D eigenvalue weighted by atomic mass is 10.1. The molecule has 0 spiro atoms. The van der Waals surface area contributed by atoms with Crippen LogP contribution in [-0.2, 0) is 16.1 Å². The van der Waals surface area contributed by atoms with Gasteiger partial charge in [0.25, 0.3) is 5.91 Å². The summed E-state index contributed by atoms with van der Waals surface area (Å²) < 4.78 is 33.3. The van der Waals surface area contributed by atoms with Gasteiger partial charge in [0.1, 0.15) is 32.9 Å². The number of ether oxygens (including phenoxy) is 1. The highest BCUT2D eigenvalue weighted by Crippen LogP contribution is 2.38. The average Bonchev–Trinajstić information content (AvgIpc) is 3.07. The monoisotopic (exact) mass is 424 g/mol. The Morgan fingerprint density at radius 1 is 1.32 bits per heavy atom. The molecule has 0 radical (unpaired) electrons. The fourth-order valence-corrected chi connectivity index (χ4v) is 4.17. The van der Waals surface area contributed by atoms with Crippen molar-refractivity contribution >= 4 is 50.7 Å². The molecule has 10 heteroatoms. The largest absolute Gasteiger partial charge is 0.481 e. The van der Waals surface area contributed by atoms with E-state index in [0.29, 0.717) is 22.5 Å². The van der Waals surface area contributed by atoms with Crippen LogP contribution in [-0.4, -0.2) is 28.1 Å². The molecule has 1 aliphatic rings. The molecule has 1 N–H and O–H groups in total. The van der Waals surface area contributed by atoms with Crippen LogP contribution in [0.15, 0.2) is 30.3 Å². The van der Waals surface area contributed by atoms with Crippen LogP contribution in [0, 0.1) is 11.6 Å². The van der Waals surface area contributed by atoms with Gasteiger partial charge in [0.2, 0.25) is 0 Å². The lowest BCUT2D eigenvalue weighted by Gasteiger charge is -2.33. The summed E-state index contributed by atoms with van der Waals surface area (Å²) >= 11 is 6.82. The first-order valence-electron chi connectivity index (χ1n) is 8.07. The number of anilines is 1. The predicted molar refractivity (Wildman–Crippen MR) is 98.8 cm³/mol. The third-order valence-corrected chi connectivity index (χ3v) is 5.59. The average molecular weight is 425 g/mol. The molecule has 6 nitrogen and oxygen atoms in total. The van der Waals surface area contributed by atoms with Gasteiger partial charge >= 0.3 is 5.97 Å². The number of carbonyl (C=O) groups is 2. The highest BCUT2D eigenvalue weighted by atomic mass is 35.5. The van der Waals surface area contributed by atoms with Crippen LogP contribution in [0.25, 0.3) is 10.2 Å². The van der Waals surface area contributed by atoms with Gasteiger partial charge in [-0.25, -0.2) is 13.8 Å². The van der Waals surface area contributed by atoms with Crippen molar-refractivity contribution in [3.05, 3.63) is 52.0 Å². The molecule has 2 aromatic carbocycles. The van der Waals surface area contributed by atoms with Crippen molar-refractivity contribution in [3.63, 3.8) is 0 Å². The lowest BCUT2D eigenvalue weighted by molar-refractivity contribution is -0.142. The maximum atomic E-state index is 14.0. The van der Waals surface area contributed by atoms with Crippen molar-refractivity contribution in [2.45, 2.75) is 19.1 Å². The van der Waals surface area contributed by atoms with E-state index in [2.05, 4.69) is 4.98 Å². The smallest absolute Gasteiger partial charge is 0.307 e. The number of hydrogen-bond donors (Lipinski definition) is 1. The number of carbonyl (C=O) groups excluding carboxylic acids is 1. The normalized spacial score (nSPS) is 16.2. The Labute approximate surface area is 165 Å². The minimum atomic E-state index is -1.19. The van der Waals surface area contributed by atoms with Crippen LogP contribution in [0.1, 0.15) is 11.4 Å². The van der Waals surface area contributed by atoms with Crippen molar-refractivity contribution < 1.29 is 28.2 Å². The Bertz CT molecular complexity index is 1120. The number of carboxylic acid groups (broad SMARTS) is 1. The fraction of sp³-hybridized carbons (Fsp3) is 0.167. The van der Waals surface area contributed by atoms with Crippen LogP contribution < -0.4 is 9.64 Å². The van der Waals surface area contributed by atoms with E-state index in [-0.39, 0.29) is 21.8 Å². The SMILES string of the molecule is O=C(O)CC1Oc2ccccc2N(Cc2nc3c(Cl)c(F)cc(F)c3s2)C1=O. The van der Waals surface area contributed by atoms with E-state index < -0.39 is 36.0 Å². The minimum Gasteiger partial charge on any atom is -0.481 e. The molecule has 0 aliphatic carbocycles. The molecule has 1 unspecified atom stereocenters. The van der Waals surface area contributed by atoms with E-state index in [1.807, 2.05) is 0 Å². The number of halogens is 3. The fourth-order valence-electron chi connectivity index (χ4n) is 2.96. The number of para-hydroxylation sites is 2. The van der Waals surface area contributed by atoms with Gasteiger partial charge in [-0.1, -0.05) is 23.7 Å². The van der Waals surface area contributed by atoms with Crippen molar-refractivity contribution in [1.82, 2.24) is 4.98 Å². The highest BCUT2D eigenvalue weighted by Gasteiger charge is 2.36. The molecule has 1 aromatic heterocycles. The van der Waals surface area contributed by atoms with Gasteiger partial charge in [-0.3, -0.25) is 14.5 Å². The number of thiazole rings is 1. The summed E-state index contributed by atoms with van der Waals surface area (Å²) in [5.74, 6) is -3.10. The number of hydrogen-bond acceptors (Lipinski definition) is 5. The molecule has 1 amide bonds. The number of benzene rings is 2. The molecule has 1 atom stereocenters. The van der Waals surface area contributed by atoms with E-state index >= 15 is 0 Å². The van der Waals surface area contributed by atoms with Gasteiger partial charge in [0.05, 0.1) is 23.4 Å². The van der Waals surface area contributed by atoms with Gasteiger partial charge in [0.15, 0.2) is 6.10 Å². The Morgan fingerprint density at radius 2 is 2.07 bits per heavy atom. The van der Waals surface area contributed by atoms with Crippen LogP contribution in [0.4, 0.5) is 14.5 Å². The molecule has 0 bridgehead atoms. The molecule has 0 saturated heterocycles. The van der Waals surface area contributed by atoms with Crippen LogP contribution in [0.5, 0.6) is 5.75 Å². The minimum absolute atomic E-state index is 0.0183. The van der Waals surface area contributed by atoms with Gasteiger partial charge in [-0.2, -0.15) is 0 Å². The second-order valence-electron chi connectivity index (χ2n) is 6.04. The summed E-state index contributed by atoms with van der Waals surface area (Å²) in [7, 11) is 0. The maximum Gasteiger partial charge on any atom is 0.307 e. The molecule has 0 saturated carbocycles. The molecule has 3 aromatic rings. The predicted octanol–water partition coefficient (Wildman–Crippen LogP) is 4.00. The Kier molecular flexibility index (Phi) is 4.64. The summed E-state index contributed by atoms with van der Waals surface area (Å²) in [5, 5.41) is 9.06. The van der Waals surface area contributed by atoms with E-state index in [1.54, 1.807) is 24.3 Å². The van der Waals surface area contributed by atoms with E-state index in [9.17, 15) is 18.4 Å². The van der Waals surface area contributed by atoms with Crippen molar-refractivity contribution in [2.24, 2.45) is 0 Å². The zero-order valence-corrected chi connectivity index (χ0v) is 15.6. The summed E-state index contributed by atoms with van der Waals surface area (Å²) in [5.41, 5.74) is 0.418. The van der Waals surface area contributed by atoms with Crippen LogP contribution in [0.3, 0.4) is 0 Å². The molecular weight excluding hydrogens is 414 g/mol. The standard InChI is InChI=1S/C18H11ClF2N2O4S/c19-15-8(20)5-9(21)17-16(15)22-13(28-17)7-23-10-3-1-2-4-11(10)27-12(18(23)26)6-14(24)25/h1-5,12H,6-7H2,(H,24,25). The van der Waals surface area contributed by atoms with Crippen LogP contribution in [0.2, 0.25) is 5.02 Å². The summed E-state index contributed by atoms with van der Waals surface area (Å²) in [6, 6.07) is 7.34. The second kappa shape index (κ2) is 6.99. The molecule has 28 heavy (non-hydrogen) atoms. The van der Waals surface area contributed by atoms with E-state index in [1.165, 1.54) is 4.90 Å². The molecule has 0 fully saturated rings. The third-order valence-electron chi connectivity index (χ3n) is 4.18. The zero-order valence-electron chi connectivity index (χ0n) is 14.0. The van der Waals surface area contributed by atoms with Crippen LogP contribution >= 0.6 is 22.9 Å². The Morgan fingerprint density at radius 3 is 2.82 bits per heavy atom. The molecular formula is C18H11ClF2N2O4S. The summed E-state index contributed by atoms with van der Waals surface area (Å²) in [6.07, 6.45) is -1.70. The maximum absolute atomic E-state index is 14.0. The van der Waals surface area contributed by atoms with Gasteiger partial charge in [-0.15, -0.1) is 11.3 Å². The van der Waals surface area contributed by atoms with Crippen molar-refractivity contribution in [1.29, 1.82) is 0 Å². The first-order valence-corrected chi connectivity index (χ1v) is 9.26. The van der Waals surface area contributed by atoms with Gasteiger partial charge in [-0.05, 0) is 12.1 Å².